The summed E-state index contributed by atoms with van der Waals surface area (Å²) in [4.78, 5) is 12.6. The standard InChI is InChI=1S/C22H20BrFN2O4S/c1-2-20(30-21-6-4-3-5-19(21)24)22(27)25-16-11-13-18(14-12-16)31(28,29)26-17-9-7-15(23)8-10-17/h3-14,20,26H,2H2,1H3,(H,25,27)/t20-/m0/s1. The molecule has 31 heavy (non-hydrogen) atoms. The Bertz CT molecular complexity index is 1150. The van der Waals surface area contributed by atoms with Crippen LogP contribution in [0.15, 0.2) is 82.2 Å². The van der Waals surface area contributed by atoms with E-state index in [2.05, 4.69) is 26.0 Å². The molecule has 0 aliphatic rings. The molecule has 9 heteroatoms. The van der Waals surface area contributed by atoms with Crippen LogP contribution in [0.2, 0.25) is 0 Å². The van der Waals surface area contributed by atoms with Gasteiger partial charge in [0.25, 0.3) is 15.9 Å². The van der Waals surface area contributed by atoms with Crippen LogP contribution in [-0.4, -0.2) is 20.4 Å². The zero-order valence-corrected chi connectivity index (χ0v) is 18.9. The number of sulfonamides is 1. The minimum Gasteiger partial charge on any atom is -0.478 e. The van der Waals surface area contributed by atoms with Gasteiger partial charge in [-0.25, -0.2) is 12.8 Å². The molecule has 162 valence electrons. The molecule has 0 unspecified atom stereocenters. The van der Waals surface area contributed by atoms with Crippen LogP contribution in [-0.2, 0) is 14.8 Å². The molecule has 3 rings (SSSR count). The Labute approximate surface area is 188 Å². The van der Waals surface area contributed by atoms with Gasteiger partial charge in [0.15, 0.2) is 17.7 Å². The lowest BCUT2D eigenvalue weighted by Crippen LogP contribution is -2.32. The van der Waals surface area contributed by atoms with Gasteiger partial charge in [0, 0.05) is 15.8 Å². The quantitative estimate of drug-likeness (QED) is 0.440. The number of carbonyl (C=O) groups excluding carboxylic acids is 1. The molecule has 0 bridgehead atoms. The highest BCUT2D eigenvalue weighted by molar-refractivity contribution is 9.10. The van der Waals surface area contributed by atoms with Crippen molar-refractivity contribution < 1.29 is 22.3 Å². The first-order valence-electron chi connectivity index (χ1n) is 9.39. The molecular weight excluding hydrogens is 487 g/mol. The molecule has 0 saturated carbocycles. The summed E-state index contributed by atoms with van der Waals surface area (Å²) >= 11 is 3.30. The molecule has 3 aromatic carbocycles. The minimum absolute atomic E-state index is 0.00930. The Balaban J connectivity index is 1.67. The number of para-hydroxylation sites is 1. The van der Waals surface area contributed by atoms with Crippen molar-refractivity contribution in [2.75, 3.05) is 10.0 Å². The number of amides is 1. The lowest BCUT2D eigenvalue weighted by atomic mass is 10.2. The van der Waals surface area contributed by atoms with E-state index in [9.17, 15) is 17.6 Å². The van der Waals surface area contributed by atoms with Crippen molar-refractivity contribution in [3.8, 4) is 5.75 Å². The predicted molar refractivity (Wildman–Crippen MR) is 121 cm³/mol. The number of hydrogen-bond donors (Lipinski definition) is 2. The van der Waals surface area contributed by atoms with Crippen molar-refractivity contribution >= 4 is 43.2 Å². The van der Waals surface area contributed by atoms with Gasteiger partial charge >= 0.3 is 0 Å². The first-order valence-corrected chi connectivity index (χ1v) is 11.7. The number of rotatable bonds is 8. The molecular formula is C22H20BrFN2O4S. The third-order valence-corrected chi connectivity index (χ3v) is 6.22. The van der Waals surface area contributed by atoms with E-state index in [1.807, 2.05) is 0 Å². The van der Waals surface area contributed by atoms with Gasteiger partial charge in [0.05, 0.1) is 4.90 Å². The summed E-state index contributed by atoms with van der Waals surface area (Å²) in [6, 6.07) is 18.3. The second kappa shape index (κ2) is 9.93. The van der Waals surface area contributed by atoms with Crippen LogP contribution in [0.3, 0.4) is 0 Å². The Morgan fingerprint density at radius 3 is 2.23 bits per heavy atom. The molecule has 1 atom stereocenters. The number of nitrogens with one attached hydrogen (secondary N) is 2. The summed E-state index contributed by atoms with van der Waals surface area (Å²) in [5.41, 5.74) is 0.819. The van der Waals surface area contributed by atoms with Crippen LogP contribution in [0, 0.1) is 5.82 Å². The Kier molecular flexibility index (Phi) is 7.29. The normalized spacial score (nSPS) is 12.1. The van der Waals surface area contributed by atoms with Crippen molar-refractivity contribution in [3.63, 3.8) is 0 Å². The molecule has 2 N–H and O–H groups in total. The fraction of sp³-hybridized carbons (Fsp3) is 0.136. The molecule has 3 aromatic rings. The summed E-state index contributed by atoms with van der Waals surface area (Å²) in [5, 5.41) is 2.66. The Morgan fingerprint density at radius 2 is 1.61 bits per heavy atom. The van der Waals surface area contributed by atoms with E-state index in [1.54, 1.807) is 37.3 Å². The lowest BCUT2D eigenvalue weighted by molar-refractivity contribution is -0.122. The highest BCUT2D eigenvalue weighted by atomic mass is 79.9. The molecule has 0 saturated heterocycles. The maximum Gasteiger partial charge on any atom is 0.265 e. The van der Waals surface area contributed by atoms with Gasteiger partial charge in [-0.2, -0.15) is 0 Å². The SMILES string of the molecule is CC[C@H](Oc1ccccc1F)C(=O)Nc1ccc(S(=O)(=O)Nc2ccc(Br)cc2)cc1. The average molecular weight is 507 g/mol. The van der Waals surface area contributed by atoms with E-state index in [0.29, 0.717) is 17.8 Å². The zero-order chi connectivity index (χ0) is 22.4. The third-order valence-electron chi connectivity index (χ3n) is 4.30. The van der Waals surface area contributed by atoms with Gasteiger partial charge < -0.3 is 10.1 Å². The maximum absolute atomic E-state index is 13.8. The van der Waals surface area contributed by atoms with E-state index in [-0.39, 0.29) is 10.6 Å². The van der Waals surface area contributed by atoms with Gasteiger partial charge in [-0.15, -0.1) is 0 Å². The van der Waals surface area contributed by atoms with Crippen LogP contribution < -0.4 is 14.8 Å². The van der Waals surface area contributed by atoms with E-state index in [1.165, 1.54) is 42.5 Å². The second-order valence-corrected chi connectivity index (χ2v) is 9.17. The third kappa shape index (κ3) is 6.05. The molecule has 6 nitrogen and oxygen atoms in total. The first kappa shape index (κ1) is 22.8. The summed E-state index contributed by atoms with van der Waals surface area (Å²) < 4.78 is 47.7. The topological polar surface area (TPSA) is 84.5 Å². The first-order chi connectivity index (χ1) is 14.8. The van der Waals surface area contributed by atoms with E-state index in [0.717, 1.165) is 4.47 Å². The molecule has 0 fully saturated rings. The van der Waals surface area contributed by atoms with E-state index in [4.69, 9.17) is 4.74 Å². The molecule has 0 aliphatic carbocycles. The summed E-state index contributed by atoms with van der Waals surface area (Å²) in [6.07, 6.45) is -0.580. The van der Waals surface area contributed by atoms with E-state index < -0.39 is 27.9 Å². The van der Waals surface area contributed by atoms with Crippen LogP contribution in [0.25, 0.3) is 0 Å². The van der Waals surface area contributed by atoms with Gasteiger partial charge in [-0.05, 0) is 67.1 Å². The predicted octanol–water partition coefficient (Wildman–Crippen LogP) is 5.19. The minimum atomic E-state index is -3.78. The summed E-state index contributed by atoms with van der Waals surface area (Å²) in [6.45, 7) is 1.74. The fourth-order valence-electron chi connectivity index (χ4n) is 2.69. The van der Waals surface area contributed by atoms with Crippen LogP contribution in [0.4, 0.5) is 15.8 Å². The van der Waals surface area contributed by atoms with Crippen LogP contribution in [0.5, 0.6) is 5.75 Å². The molecule has 0 radical (unpaired) electrons. The number of halogens is 2. The van der Waals surface area contributed by atoms with Gasteiger partial charge in [-0.1, -0.05) is 35.0 Å². The van der Waals surface area contributed by atoms with Gasteiger partial charge in [0.1, 0.15) is 0 Å². The second-order valence-electron chi connectivity index (χ2n) is 6.57. The smallest absolute Gasteiger partial charge is 0.265 e. The zero-order valence-electron chi connectivity index (χ0n) is 16.5. The number of hydrogen-bond acceptors (Lipinski definition) is 4. The number of anilines is 2. The van der Waals surface area contributed by atoms with Crippen LogP contribution in [0.1, 0.15) is 13.3 Å². The van der Waals surface area contributed by atoms with Crippen molar-refractivity contribution in [1.82, 2.24) is 0 Å². The highest BCUT2D eigenvalue weighted by Crippen LogP contribution is 2.21. The summed E-state index contributed by atoms with van der Waals surface area (Å²) in [5.74, 6) is -1.03. The van der Waals surface area contributed by atoms with Crippen molar-refractivity contribution in [3.05, 3.63) is 83.1 Å². The molecule has 0 spiro atoms. The summed E-state index contributed by atoms with van der Waals surface area (Å²) in [7, 11) is -3.78. The monoisotopic (exact) mass is 506 g/mol. The molecule has 0 aromatic heterocycles. The molecule has 1 amide bonds. The highest BCUT2D eigenvalue weighted by Gasteiger charge is 2.20. The molecule has 0 heterocycles. The number of benzene rings is 3. The lowest BCUT2D eigenvalue weighted by Gasteiger charge is -2.17. The van der Waals surface area contributed by atoms with Crippen molar-refractivity contribution in [1.29, 1.82) is 0 Å². The van der Waals surface area contributed by atoms with Gasteiger partial charge in [-0.3, -0.25) is 9.52 Å². The van der Waals surface area contributed by atoms with E-state index >= 15 is 0 Å². The van der Waals surface area contributed by atoms with Crippen LogP contribution >= 0.6 is 15.9 Å². The Morgan fingerprint density at radius 1 is 1.00 bits per heavy atom. The van der Waals surface area contributed by atoms with Gasteiger partial charge in [0.2, 0.25) is 0 Å². The maximum atomic E-state index is 13.8. The largest absolute Gasteiger partial charge is 0.478 e. The van der Waals surface area contributed by atoms with Crippen molar-refractivity contribution in [2.24, 2.45) is 0 Å². The van der Waals surface area contributed by atoms with Crippen molar-refractivity contribution in [2.45, 2.75) is 24.3 Å². The average Bonchev–Trinajstić information content (AvgIpc) is 2.75. The number of ether oxygens (including phenoxy) is 1. The number of carbonyl (C=O) groups is 1. The molecule has 0 aliphatic heterocycles. The fourth-order valence-corrected chi connectivity index (χ4v) is 4.01. The Hall–Kier alpha value is -2.91.